The molecule has 1 aromatic heterocycles. The first kappa shape index (κ1) is 15.3. The lowest BCUT2D eigenvalue weighted by atomic mass is 10.2. The minimum absolute atomic E-state index is 0.596. The molecule has 0 N–H and O–H groups in total. The van der Waals surface area contributed by atoms with E-state index in [1.807, 2.05) is 62.5 Å². The molecule has 0 aliphatic carbocycles. The molecule has 1 heterocycles. The second kappa shape index (κ2) is 7.08. The molecule has 2 rings (SSSR count). The average Bonchev–Trinajstić information content (AvgIpc) is 2.91. The Morgan fingerprint density at radius 1 is 1.24 bits per heavy atom. The molecule has 0 fully saturated rings. The molecule has 0 unspecified atom stereocenters. The maximum atomic E-state index is 5.74. The lowest BCUT2D eigenvalue weighted by molar-refractivity contribution is 0.604. The second-order valence-corrected chi connectivity index (χ2v) is 5.40. The number of hydrogen-bond acceptors (Lipinski definition) is 4. The molecule has 0 radical (unpaired) electrons. The van der Waals surface area contributed by atoms with E-state index >= 15 is 0 Å². The van der Waals surface area contributed by atoms with E-state index in [2.05, 4.69) is 15.2 Å². The van der Waals surface area contributed by atoms with Gasteiger partial charge < -0.3 is 9.32 Å². The van der Waals surface area contributed by atoms with E-state index in [9.17, 15) is 0 Å². The van der Waals surface area contributed by atoms with Crippen molar-refractivity contribution < 1.29 is 4.42 Å². The highest BCUT2D eigenvalue weighted by atomic mass is 32.2. The summed E-state index contributed by atoms with van der Waals surface area (Å²) in [6, 6.07) is 9.83. The predicted octanol–water partition coefficient (Wildman–Crippen LogP) is 3.47. The van der Waals surface area contributed by atoms with E-state index in [4.69, 9.17) is 4.42 Å². The van der Waals surface area contributed by atoms with Gasteiger partial charge in [0.05, 0.1) is 6.34 Å². The van der Waals surface area contributed by atoms with Crippen LogP contribution in [0.1, 0.15) is 12.7 Å². The van der Waals surface area contributed by atoms with Crippen molar-refractivity contribution in [3.05, 3.63) is 36.1 Å². The first-order valence-corrected chi connectivity index (χ1v) is 7.68. The third-order valence-electron chi connectivity index (χ3n) is 2.65. The molecule has 0 spiro atoms. The van der Waals surface area contributed by atoms with Crippen LogP contribution in [0.2, 0.25) is 0 Å². The zero-order chi connectivity index (χ0) is 15.2. The van der Waals surface area contributed by atoms with E-state index in [-0.39, 0.29) is 0 Å². The fourth-order valence-corrected chi connectivity index (χ4v) is 1.89. The van der Waals surface area contributed by atoms with Gasteiger partial charge in [-0.15, -0.1) is 10.2 Å². The Bertz CT molecular complexity index is 668. The van der Waals surface area contributed by atoms with Gasteiger partial charge in [-0.3, -0.25) is 0 Å². The maximum absolute atomic E-state index is 5.74. The van der Waals surface area contributed by atoms with Crippen molar-refractivity contribution in [2.75, 3.05) is 20.4 Å². The summed E-state index contributed by atoms with van der Waals surface area (Å²) in [5.41, 5.74) is 1.57. The van der Waals surface area contributed by atoms with Crippen LogP contribution in [0.25, 0.3) is 11.0 Å². The van der Waals surface area contributed by atoms with Crippen molar-refractivity contribution >= 4 is 39.9 Å². The van der Waals surface area contributed by atoms with Crippen LogP contribution in [-0.4, -0.2) is 42.5 Å². The fraction of sp³-hybridized carbons (Fsp3) is 0.267. The van der Waals surface area contributed by atoms with Crippen molar-refractivity contribution in [3.8, 4) is 0 Å². The molecule has 0 amide bonds. The first-order chi connectivity index (χ1) is 10.1. The molecule has 21 heavy (non-hydrogen) atoms. The topological polar surface area (TPSA) is 53.5 Å². The first-order valence-electron chi connectivity index (χ1n) is 6.46. The normalized spacial score (nSPS) is 13.3. The van der Waals surface area contributed by atoms with Crippen LogP contribution in [0.5, 0.6) is 0 Å². The summed E-state index contributed by atoms with van der Waals surface area (Å²) in [6.45, 7) is 1.87. The molecule has 110 valence electrons. The molecule has 6 heteroatoms. The lowest BCUT2D eigenvalue weighted by Crippen LogP contribution is -2.08. The SMILES string of the molecule is CSC(N=CN(C)C)=NN=C(C)c1cc2ccccc2o1. The smallest absolute Gasteiger partial charge is 0.210 e. The van der Waals surface area contributed by atoms with Crippen molar-refractivity contribution in [2.45, 2.75) is 6.92 Å². The predicted molar refractivity (Wildman–Crippen MR) is 91.6 cm³/mol. The summed E-state index contributed by atoms with van der Waals surface area (Å²) in [5.74, 6) is 0.719. The van der Waals surface area contributed by atoms with E-state index in [1.54, 1.807) is 6.34 Å². The molecular weight excluding hydrogens is 284 g/mol. The molecule has 0 bridgehead atoms. The molecule has 0 saturated heterocycles. The summed E-state index contributed by atoms with van der Waals surface area (Å²) in [6.07, 6.45) is 3.61. The van der Waals surface area contributed by atoms with Gasteiger partial charge in [0.15, 0.2) is 5.76 Å². The van der Waals surface area contributed by atoms with Crippen molar-refractivity contribution in [2.24, 2.45) is 15.2 Å². The van der Waals surface area contributed by atoms with Gasteiger partial charge in [-0.2, -0.15) is 0 Å². The molecule has 2 aromatic rings. The number of para-hydroxylation sites is 1. The minimum atomic E-state index is 0.596. The number of benzene rings is 1. The fourth-order valence-electron chi connectivity index (χ4n) is 1.61. The zero-order valence-corrected chi connectivity index (χ0v) is 13.4. The molecule has 0 aliphatic rings. The Kier molecular flexibility index (Phi) is 5.16. The van der Waals surface area contributed by atoms with E-state index in [0.717, 1.165) is 22.4 Å². The number of furan rings is 1. The zero-order valence-electron chi connectivity index (χ0n) is 12.6. The van der Waals surface area contributed by atoms with Crippen LogP contribution in [-0.2, 0) is 0 Å². The minimum Gasteiger partial charge on any atom is -0.455 e. The number of fused-ring (bicyclic) bond motifs is 1. The van der Waals surface area contributed by atoms with Crippen molar-refractivity contribution in [1.82, 2.24) is 4.90 Å². The van der Waals surface area contributed by atoms with Crippen LogP contribution in [0.4, 0.5) is 0 Å². The molecule has 1 aromatic carbocycles. The molecule has 0 atom stereocenters. The number of nitrogens with zero attached hydrogens (tertiary/aromatic N) is 4. The maximum Gasteiger partial charge on any atom is 0.210 e. The summed E-state index contributed by atoms with van der Waals surface area (Å²) < 4.78 is 5.74. The van der Waals surface area contributed by atoms with Gasteiger partial charge >= 0.3 is 0 Å². The highest BCUT2D eigenvalue weighted by Crippen LogP contribution is 2.19. The summed E-state index contributed by atoms with van der Waals surface area (Å²) in [5, 5.41) is 9.99. The molecular formula is C15H18N4OS. The summed E-state index contributed by atoms with van der Waals surface area (Å²) >= 11 is 1.44. The second-order valence-electron chi connectivity index (χ2n) is 4.63. The quantitative estimate of drug-likeness (QED) is 0.495. The Morgan fingerprint density at radius 3 is 2.67 bits per heavy atom. The number of hydrogen-bond donors (Lipinski definition) is 0. The summed E-state index contributed by atoms with van der Waals surface area (Å²) in [7, 11) is 3.81. The van der Waals surface area contributed by atoms with Crippen LogP contribution in [0, 0.1) is 0 Å². The van der Waals surface area contributed by atoms with Gasteiger partial charge in [0.25, 0.3) is 0 Å². The van der Waals surface area contributed by atoms with Gasteiger partial charge in [-0.25, -0.2) is 4.99 Å². The van der Waals surface area contributed by atoms with E-state index in [1.165, 1.54) is 11.8 Å². The van der Waals surface area contributed by atoms with Crippen LogP contribution in [0.3, 0.4) is 0 Å². The Morgan fingerprint density at radius 2 is 2.00 bits per heavy atom. The average molecular weight is 302 g/mol. The Hall–Kier alpha value is -2.08. The van der Waals surface area contributed by atoms with Crippen LogP contribution < -0.4 is 0 Å². The van der Waals surface area contributed by atoms with Gasteiger partial charge in [0, 0.05) is 19.5 Å². The van der Waals surface area contributed by atoms with E-state index < -0.39 is 0 Å². The summed E-state index contributed by atoms with van der Waals surface area (Å²) in [4.78, 5) is 6.08. The third-order valence-corrected chi connectivity index (χ3v) is 3.20. The molecule has 5 nitrogen and oxygen atoms in total. The van der Waals surface area contributed by atoms with Gasteiger partial charge in [0.2, 0.25) is 5.17 Å². The monoisotopic (exact) mass is 302 g/mol. The van der Waals surface area contributed by atoms with Crippen LogP contribution in [0.15, 0.2) is 49.9 Å². The van der Waals surface area contributed by atoms with Crippen molar-refractivity contribution in [3.63, 3.8) is 0 Å². The number of aliphatic imine (C=N–C) groups is 1. The van der Waals surface area contributed by atoms with Gasteiger partial charge in [-0.05, 0) is 25.3 Å². The van der Waals surface area contributed by atoms with Gasteiger partial charge in [-0.1, -0.05) is 30.0 Å². The molecule has 0 aliphatic heterocycles. The Balaban J connectivity index is 2.23. The highest BCUT2D eigenvalue weighted by Gasteiger charge is 2.05. The molecule has 0 saturated carbocycles. The largest absolute Gasteiger partial charge is 0.455 e. The number of rotatable bonds is 3. The van der Waals surface area contributed by atoms with E-state index in [0.29, 0.717) is 5.17 Å². The van der Waals surface area contributed by atoms with Crippen molar-refractivity contribution in [1.29, 1.82) is 0 Å². The van der Waals surface area contributed by atoms with Gasteiger partial charge in [0.1, 0.15) is 11.3 Å². The van der Waals surface area contributed by atoms with Crippen LogP contribution >= 0.6 is 11.8 Å². The lowest BCUT2D eigenvalue weighted by Gasteiger charge is -2.01. The number of thioether (sulfide) groups is 1. The standard InChI is InChI=1S/C15H18N4OS/c1-11(17-18-15(21-4)16-10-19(2)3)14-9-12-7-5-6-8-13(12)20-14/h5-10H,1-4H3. The third kappa shape index (κ3) is 4.19. The number of amidine groups is 1. The highest BCUT2D eigenvalue weighted by molar-refractivity contribution is 8.13. The Labute approximate surface area is 128 Å².